The summed E-state index contributed by atoms with van der Waals surface area (Å²) in [5, 5.41) is 0. The normalized spacial score (nSPS) is 30.5. The van der Waals surface area contributed by atoms with Crippen molar-refractivity contribution in [1.82, 2.24) is 9.80 Å². The largest absolute Gasteiger partial charge is 0.381 e. The number of piperazine rings is 1. The van der Waals surface area contributed by atoms with Gasteiger partial charge in [0.1, 0.15) is 11.6 Å². The number of rotatable bonds is 6. The number of hydrogen-bond donors (Lipinski definition) is 0. The van der Waals surface area contributed by atoms with E-state index in [1.165, 1.54) is 6.07 Å². The Hall–Kier alpha value is -1.79. The monoisotopic (exact) mass is 442 g/mol. The van der Waals surface area contributed by atoms with Gasteiger partial charge in [-0.2, -0.15) is 0 Å². The Morgan fingerprint density at radius 1 is 1.12 bits per heavy atom. The summed E-state index contributed by atoms with van der Waals surface area (Å²) in [5.74, 6) is 1.55. The van der Waals surface area contributed by atoms with Gasteiger partial charge in [0.2, 0.25) is 5.91 Å². The van der Waals surface area contributed by atoms with E-state index in [1.54, 1.807) is 6.07 Å². The molecule has 2 saturated heterocycles. The number of ether oxygens (including phenoxy) is 1. The molecule has 5 rings (SSSR count). The van der Waals surface area contributed by atoms with Gasteiger partial charge in [-0.05, 0) is 55.7 Å². The van der Waals surface area contributed by atoms with Crippen molar-refractivity contribution in [1.29, 1.82) is 0 Å². The highest BCUT2D eigenvalue weighted by molar-refractivity contribution is 5.87. The first kappa shape index (κ1) is 22.0. The molecule has 1 amide bonds. The Morgan fingerprint density at radius 2 is 1.84 bits per heavy atom. The van der Waals surface area contributed by atoms with Crippen molar-refractivity contribution in [3.8, 4) is 0 Å². The number of Topliss-reactive ketones (excluding diaryl/α,β-unsaturated/α-hetero) is 1. The lowest BCUT2D eigenvalue weighted by Crippen LogP contribution is -2.54. The minimum atomic E-state index is -0.201. The van der Waals surface area contributed by atoms with Crippen LogP contribution in [0.3, 0.4) is 0 Å². The number of fused-ring (bicyclic) bond motifs is 1. The lowest BCUT2D eigenvalue weighted by atomic mass is 9.95. The van der Waals surface area contributed by atoms with Gasteiger partial charge in [-0.25, -0.2) is 4.39 Å². The maximum atomic E-state index is 14.8. The molecule has 4 aliphatic rings. The molecule has 2 aliphatic carbocycles. The molecule has 4 fully saturated rings. The third-order valence-corrected chi connectivity index (χ3v) is 8.42. The first-order chi connectivity index (χ1) is 15.4. The maximum absolute atomic E-state index is 14.8. The number of carbonyl (C=O) groups excluding carboxylic acids is 2. The molecular weight excluding hydrogens is 407 g/mol. The molecule has 174 valence electrons. The molecule has 2 heterocycles. The van der Waals surface area contributed by atoms with E-state index < -0.39 is 0 Å². The van der Waals surface area contributed by atoms with Crippen LogP contribution in [0.1, 0.15) is 49.3 Å². The Morgan fingerprint density at radius 3 is 2.53 bits per heavy atom. The summed E-state index contributed by atoms with van der Waals surface area (Å²) in [7, 11) is 0. The molecule has 5 nitrogen and oxygen atoms in total. The molecule has 0 bridgehead atoms. The maximum Gasteiger partial charge on any atom is 0.226 e. The van der Waals surface area contributed by atoms with Gasteiger partial charge in [-0.3, -0.25) is 14.5 Å². The standard InChI is InChI=1S/C26H35FN2O3/c1-16-12-28(9-10-29(16)26(31)18-5-3-4-6-18)13-20-17(2)19(7-8-23(20)27)11-24(30)25-21-14-32-15-22(21)25/h7-8,16,18,21-22,25H,3-6,9-15H2,1-2H3/t16-,21?,22?,25?/m0/s1. The van der Waals surface area contributed by atoms with Gasteiger partial charge < -0.3 is 9.64 Å². The minimum Gasteiger partial charge on any atom is -0.381 e. The van der Waals surface area contributed by atoms with Crippen molar-refractivity contribution in [2.24, 2.45) is 23.7 Å². The minimum absolute atomic E-state index is 0.140. The summed E-state index contributed by atoms with van der Waals surface area (Å²) in [6.07, 6.45) is 4.76. The molecule has 0 N–H and O–H groups in total. The predicted molar refractivity (Wildman–Crippen MR) is 120 cm³/mol. The second-order valence-corrected chi connectivity index (χ2v) is 10.4. The number of hydrogen-bond acceptors (Lipinski definition) is 4. The number of halogens is 1. The third kappa shape index (κ3) is 4.12. The summed E-state index contributed by atoms with van der Waals surface area (Å²) >= 11 is 0. The Kier molecular flexibility index (Phi) is 6.10. The van der Waals surface area contributed by atoms with E-state index >= 15 is 0 Å². The van der Waals surface area contributed by atoms with Crippen LogP contribution >= 0.6 is 0 Å². The molecule has 3 atom stereocenters. The summed E-state index contributed by atoms with van der Waals surface area (Å²) in [4.78, 5) is 29.9. The van der Waals surface area contributed by atoms with Crippen LogP contribution in [0.25, 0.3) is 0 Å². The van der Waals surface area contributed by atoms with Crippen LogP contribution in [0, 0.1) is 36.4 Å². The van der Waals surface area contributed by atoms with Gasteiger partial charge in [0.15, 0.2) is 0 Å². The number of ketones is 1. The molecule has 0 aromatic heterocycles. The van der Waals surface area contributed by atoms with Gasteiger partial charge in [0.05, 0.1) is 13.2 Å². The lowest BCUT2D eigenvalue weighted by molar-refractivity contribution is -0.140. The highest BCUT2D eigenvalue weighted by Gasteiger charge is 2.57. The van der Waals surface area contributed by atoms with Crippen LogP contribution in [0.4, 0.5) is 4.39 Å². The first-order valence-corrected chi connectivity index (χ1v) is 12.3. The molecule has 2 saturated carbocycles. The SMILES string of the molecule is Cc1c(CC(=O)C2C3COCC32)ccc(F)c1CN1CCN(C(=O)C2CCCC2)[C@@H](C)C1. The molecular formula is C26H35FN2O3. The molecule has 1 aromatic carbocycles. The van der Waals surface area contributed by atoms with Crippen LogP contribution in [-0.4, -0.2) is 60.4 Å². The molecule has 32 heavy (non-hydrogen) atoms. The van der Waals surface area contributed by atoms with Crippen LogP contribution in [0.15, 0.2) is 12.1 Å². The van der Waals surface area contributed by atoms with Gasteiger partial charge in [-0.1, -0.05) is 18.9 Å². The Bertz CT molecular complexity index is 887. The van der Waals surface area contributed by atoms with E-state index in [2.05, 4.69) is 11.8 Å². The smallest absolute Gasteiger partial charge is 0.226 e. The Balaban J connectivity index is 1.22. The molecule has 0 spiro atoms. The van der Waals surface area contributed by atoms with E-state index in [1.807, 2.05) is 11.8 Å². The van der Waals surface area contributed by atoms with Crippen LogP contribution in [-0.2, 0) is 27.3 Å². The van der Waals surface area contributed by atoms with Gasteiger partial charge in [-0.15, -0.1) is 0 Å². The van der Waals surface area contributed by atoms with Gasteiger partial charge >= 0.3 is 0 Å². The fourth-order valence-corrected chi connectivity index (χ4v) is 6.32. The van der Waals surface area contributed by atoms with E-state index in [-0.39, 0.29) is 29.5 Å². The van der Waals surface area contributed by atoms with E-state index in [0.717, 1.165) is 49.9 Å². The average molecular weight is 443 g/mol. The van der Waals surface area contributed by atoms with Crippen molar-refractivity contribution in [2.75, 3.05) is 32.8 Å². The molecule has 2 unspecified atom stereocenters. The summed E-state index contributed by atoms with van der Waals surface area (Å²) in [6.45, 7) is 8.22. The topological polar surface area (TPSA) is 49.9 Å². The third-order valence-electron chi connectivity index (χ3n) is 8.42. The number of nitrogens with zero attached hydrogens (tertiary/aromatic N) is 2. The quantitative estimate of drug-likeness (QED) is 0.678. The lowest BCUT2D eigenvalue weighted by Gasteiger charge is -2.41. The summed E-state index contributed by atoms with van der Waals surface area (Å²) in [5.41, 5.74) is 2.54. The molecule has 1 aromatic rings. The fraction of sp³-hybridized carbons (Fsp3) is 0.692. The summed E-state index contributed by atoms with van der Waals surface area (Å²) in [6, 6.07) is 3.44. The van der Waals surface area contributed by atoms with Gasteiger partial charge in [0, 0.05) is 56.0 Å². The first-order valence-electron chi connectivity index (χ1n) is 12.3. The summed E-state index contributed by atoms with van der Waals surface area (Å²) < 4.78 is 20.2. The average Bonchev–Trinajstić information content (AvgIpc) is 3.16. The van der Waals surface area contributed by atoms with E-state index in [4.69, 9.17) is 4.74 Å². The van der Waals surface area contributed by atoms with Crippen molar-refractivity contribution in [3.63, 3.8) is 0 Å². The fourth-order valence-electron chi connectivity index (χ4n) is 6.32. The number of benzene rings is 1. The molecule has 0 radical (unpaired) electrons. The van der Waals surface area contributed by atoms with Crippen molar-refractivity contribution in [2.45, 2.75) is 58.5 Å². The molecule has 6 heteroatoms. The number of amides is 1. The van der Waals surface area contributed by atoms with Gasteiger partial charge in [0.25, 0.3) is 0 Å². The number of carbonyl (C=O) groups is 2. The van der Waals surface area contributed by atoms with Crippen molar-refractivity contribution < 1.29 is 18.7 Å². The van der Waals surface area contributed by atoms with Crippen LogP contribution in [0.2, 0.25) is 0 Å². The Labute approximate surface area is 190 Å². The second-order valence-electron chi connectivity index (χ2n) is 10.4. The van der Waals surface area contributed by atoms with E-state index in [9.17, 15) is 14.0 Å². The van der Waals surface area contributed by atoms with Crippen molar-refractivity contribution >= 4 is 11.7 Å². The zero-order valence-electron chi connectivity index (χ0n) is 19.3. The van der Waals surface area contributed by atoms with Crippen molar-refractivity contribution in [3.05, 3.63) is 34.6 Å². The predicted octanol–water partition coefficient (Wildman–Crippen LogP) is 3.36. The highest BCUT2D eigenvalue weighted by atomic mass is 19.1. The second kappa shape index (κ2) is 8.86. The highest BCUT2D eigenvalue weighted by Crippen LogP contribution is 2.51. The van der Waals surface area contributed by atoms with E-state index in [0.29, 0.717) is 56.0 Å². The van der Waals surface area contributed by atoms with Crippen LogP contribution < -0.4 is 0 Å². The zero-order valence-corrected chi connectivity index (χ0v) is 19.3. The molecule has 2 aliphatic heterocycles. The zero-order chi connectivity index (χ0) is 22.4. The van der Waals surface area contributed by atoms with Crippen LogP contribution in [0.5, 0.6) is 0 Å².